The zero-order valence-corrected chi connectivity index (χ0v) is 22.2. The first-order valence-electron chi connectivity index (χ1n) is 12.6. The van der Waals surface area contributed by atoms with Gasteiger partial charge in [0.15, 0.2) is 17.3 Å². The van der Waals surface area contributed by atoms with Gasteiger partial charge >= 0.3 is 0 Å². The molecule has 3 aromatic rings. The molecule has 5 rings (SSSR count). The number of aromatic nitrogens is 3. The van der Waals surface area contributed by atoms with E-state index in [1.165, 1.54) is 16.1 Å². The largest absolute Gasteiger partial charge is 0.486 e. The lowest BCUT2D eigenvalue weighted by Gasteiger charge is -2.47. The molecular weight excluding hydrogens is 475 g/mol. The Bertz CT molecular complexity index is 1460. The SMILES string of the molecule is C[C@@H]1CN(c2c(F)c(=O)n(C)c3cc(CC#N)nn23)[C@@H](C)CN1[C@@H](C)c1ccc2c(c1)OC(C)(C)CO2. The number of rotatable bonds is 4. The van der Waals surface area contributed by atoms with Gasteiger partial charge in [0, 0.05) is 44.3 Å². The maximum atomic E-state index is 15.5. The molecule has 2 aliphatic heterocycles. The minimum Gasteiger partial charge on any atom is -0.486 e. The van der Waals surface area contributed by atoms with Crippen LogP contribution in [0.25, 0.3) is 5.65 Å². The summed E-state index contributed by atoms with van der Waals surface area (Å²) in [5.41, 5.74) is 0.980. The lowest BCUT2D eigenvalue weighted by Crippen LogP contribution is -2.58. The van der Waals surface area contributed by atoms with Crippen molar-refractivity contribution in [3.8, 4) is 17.6 Å². The van der Waals surface area contributed by atoms with Gasteiger partial charge in [0.2, 0.25) is 5.82 Å². The maximum absolute atomic E-state index is 15.5. The maximum Gasteiger partial charge on any atom is 0.291 e. The van der Waals surface area contributed by atoms with Crippen LogP contribution in [0.15, 0.2) is 29.1 Å². The van der Waals surface area contributed by atoms with Crippen molar-refractivity contribution in [2.24, 2.45) is 7.05 Å². The van der Waals surface area contributed by atoms with Crippen molar-refractivity contribution in [2.45, 2.75) is 64.8 Å². The monoisotopic (exact) mass is 508 g/mol. The molecule has 4 heterocycles. The van der Waals surface area contributed by atoms with Crippen molar-refractivity contribution < 1.29 is 13.9 Å². The fraction of sp³-hybridized carbons (Fsp3) is 0.519. The molecule has 2 aliphatic rings. The Hall–Kier alpha value is -3.58. The van der Waals surface area contributed by atoms with Crippen LogP contribution in [-0.4, -0.2) is 56.5 Å². The van der Waals surface area contributed by atoms with Crippen LogP contribution in [-0.2, 0) is 13.5 Å². The minimum absolute atomic E-state index is 0.0588. The summed E-state index contributed by atoms with van der Waals surface area (Å²) in [5, 5.41) is 13.6. The highest BCUT2D eigenvalue weighted by Crippen LogP contribution is 2.39. The number of halogens is 1. The summed E-state index contributed by atoms with van der Waals surface area (Å²) in [4.78, 5) is 17.1. The number of benzene rings is 1. The molecular formula is C27H33FN6O3. The molecule has 0 aliphatic carbocycles. The lowest BCUT2D eigenvalue weighted by atomic mass is 10.00. The van der Waals surface area contributed by atoms with Crippen molar-refractivity contribution in [3.05, 3.63) is 51.7 Å². The van der Waals surface area contributed by atoms with Crippen LogP contribution >= 0.6 is 0 Å². The summed E-state index contributed by atoms with van der Waals surface area (Å²) in [5.74, 6) is 0.810. The van der Waals surface area contributed by atoms with Crippen molar-refractivity contribution in [1.82, 2.24) is 19.1 Å². The number of fused-ring (bicyclic) bond motifs is 2. The van der Waals surface area contributed by atoms with Gasteiger partial charge in [-0.2, -0.15) is 19.3 Å². The Balaban J connectivity index is 1.45. The molecule has 10 heteroatoms. The van der Waals surface area contributed by atoms with E-state index in [-0.39, 0.29) is 36.0 Å². The van der Waals surface area contributed by atoms with Gasteiger partial charge in [0.05, 0.1) is 18.2 Å². The van der Waals surface area contributed by atoms with Crippen molar-refractivity contribution >= 4 is 11.5 Å². The second-order valence-electron chi connectivity index (χ2n) is 10.8. The third-order valence-electron chi connectivity index (χ3n) is 7.45. The number of hydrogen-bond acceptors (Lipinski definition) is 7. The van der Waals surface area contributed by atoms with Gasteiger partial charge in [0.25, 0.3) is 5.56 Å². The summed E-state index contributed by atoms with van der Waals surface area (Å²) in [6.07, 6.45) is 0.0842. The first-order chi connectivity index (χ1) is 17.5. The van der Waals surface area contributed by atoms with Gasteiger partial charge < -0.3 is 14.4 Å². The Morgan fingerprint density at radius 1 is 1.22 bits per heavy atom. The molecule has 9 nitrogen and oxygen atoms in total. The summed E-state index contributed by atoms with van der Waals surface area (Å²) >= 11 is 0. The van der Waals surface area contributed by atoms with E-state index in [9.17, 15) is 4.79 Å². The van der Waals surface area contributed by atoms with Gasteiger partial charge in [-0.1, -0.05) is 6.07 Å². The molecule has 0 amide bonds. The molecule has 0 N–H and O–H groups in total. The molecule has 1 fully saturated rings. The van der Waals surface area contributed by atoms with Crippen LogP contribution in [0.1, 0.15) is 51.9 Å². The number of aryl methyl sites for hydroxylation is 1. The molecule has 0 saturated carbocycles. The van der Waals surface area contributed by atoms with E-state index in [1.807, 2.05) is 31.7 Å². The van der Waals surface area contributed by atoms with Crippen molar-refractivity contribution in [3.63, 3.8) is 0 Å². The zero-order valence-electron chi connectivity index (χ0n) is 22.2. The number of nitriles is 1. The van der Waals surface area contributed by atoms with E-state index < -0.39 is 11.4 Å². The van der Waals surface area contributed by atoms with E-state index in [0.29, 0.717) is 31.0 Å². The average Bonchev–Trinajstić information content (AvgIpc) is 3.27. The smallest absolute Gasteiger partial charge is 0.291 e. The second kappa shape index (κ2) is 9.06. The van der Waals surface area contributed by atoms with E-state index in [2.05, 4.69) is 42.0 Å². The molecule has 0 spiro atoms. The number of anilines is 1. The predicted octanol–water partition coefficient (Wildman–Crippen LogP) is 3.45. The molecule has 0 bridgehead atoms. The first-order valence-corrected chi connectivity index (χ1v) is 12.6. The molecule has 3 atom stereocenters. The Labute approximate surface area is 215 Å². The highest BCUT2D eigenvalue weighted by molar-refractivity contribution is 5.53. The first kappa shape index (κ1) is 25.1. The van der Waals surface area contributed by atoms with E-state index in [4.69, 9.17) is 14.7 Å². The van der Waals surface area contributed by atoms with Crippen LogP contribution in [0.4, 0.5) is 10.2 Å². The summed E-state index contributed by atoms with van der Waals surface area (Å²) in [7, 11) is 1.52. The van der Waals surface area contributed by atoms with Gasteiger partial charge in [0.1, 0.15) is 17.9 Å². The van der Waals surface area contributed by atoms with Crippen LogP contribution in [0.2, 0.25) is 0 Å². The highest BCUT2D eigenvalue weighted by atomic mass is 19.1. The molecule has 1 saturated heterocycles. The van der Waals surface area contributed by atoms with Crippen LogP contribution < -0.4 is 19.9 Å². The van der Waals surface area contributed by atoms with E-state index >= 15 is 4.39 Å². The van der Waals surface area contributed by atoms with Crippen molar-refractivity contribution in [2.75, 3.05) is 24.6 Å². The van der Waals surface area contributed by atoms with Crippen molar-refractivity contribution in [1.29, 1.82) is 5.26 Å². The van der Waals surface area contributed by atoms with Gasteiger partial charge in [-0.3, -0.25) is 14.3 Å². The van der Waals surface area contributed by atoms with E-state index in [1.54, 1.807) is 6.07 Å². The highest BCUT2D eigenvalue weighted by Gasteiger charge is 2.36. The Morgan fingerprint density at radius 2 is 1.97 bits per heavy atom. The minimum atomic E-state index is -0.836. The molecule has 2 aromatic heterocycles. The fourth-order valence-electron chi connectivity index (χ4n) is 5.41. The molecule has 0 radical (unpaired) electrons. The molecule has 0 unspecified atom stereocenters. The van der Waals surface area contributed by atoms with Gasteiger partial charge in [-0.15, -0.1) is 0 Å². The Morgan fingerprint density at radius 3 is 2.70 bits per heavy atom. The Kier molecular flexibility index (Phi) is 6.15. The lowest BCUT2D eigenvalue weighted by molar-refractivity contribution is 0.0209. The summed E-state index contributed by atoms with van der Waals surface area (Å²) in [6, 6.07) is 9.87. The quantitative estimate of drug-likeness (QED) is 0.533. The van der Waals surface area contributed by atoms with E-state index in [0.717, 1.165) is 17.1 Å². The molecule has 1 aromatic carbocycles. The standard InChI is InChI=1S/C27H33FN6O3/c1-16-14-33(25-24(28)26(35)31(6)23-12-20(9-10-29)30-34(23)25)17(2)13-32(16)18(3)19-7-8-21-22(11-19)37-27(4,5)15-36-21/h7-8,11-12,16-18H,9,13-15H2,1-6H3/t16-,17+,18+/m1/s1. The number of hydrogen-bond donors (Lipinski definition) is 0. The third kappa shape index (κ3) is 4.31. The van der Waals surface area contributed by atoms with Gasteiger partial charge in [-0.25, -0.2) is 0 Å². The molecule has 37 heavy (non-hydrogen) atoms. The molecule has 196 valence electrons. The second-order valence-corrected chi connectivity index (χ2v) is 10.8. The number of piperazine rings is 1. The summed E-state index contributed by atoms with van der Waals surface area (Å²) in [6.45, 7) is 12.0. The van der Waals surface area contributed by atoms with Crippen LogP contribution in [0, 0.1) is 17.1 Å². The number of nitrogens with zero attached hydrogens (tertiary/aromatic N) is 6. The van der Waals surface area contributed by atoms with Crippen LogP contribution in [0.3, 0.4) is 0 Å². The van der Waals surface area contributed by atoms with Gasteiger partial charge in [-0.05, 0) is 52.3 Å². The predicted molar refractivity (Wildman–Crippen MR) is 138 cm³/mol. The number of ether oxygens (including phenoxy) is 2. The van der Waals surface area contributed by atoms with Crippen LogP contribution in [0.5, 0.6) is 11.5 Å². The normalized spacial score (nSPS) is 22.2. The topological polar surface area (TPSA) is 88.0 Å². The fourth-order valence-corrected chi connectivity index (χ4v) is 5.41. The zero-order chi connectivity index (χ0) is 26.6. The third-order valence-corrected chi connectivity index (χ3v) is 7.45. The summed E-state index contributed by atoms with van der Waals surface area (Å²) < 4.78 is 30.2. The average molecular weight is 509 g/mol.